The maximum absolute atomic E-state index is 6.01. The van der Waals surface area contributed by atoms with Crippen molar-refractivity contribution in [3.8, 4) is 0 Å². The van der Waals surface area contributed by atoms with Crippen molar-refractivity contribution in [1.82, 2.24) is 20.1 Å². The average molecular weight is 221 g/mol. The number of nitrogens with two attached hydrogens (primary N) is 1. The monoisotopic (exact) mass is 221 g/mol. The molecule has 3 heterocycles. The Morgan fingerprint density at radius 1 is 1.38 bits per heavy atom. The van der Waals surface area contributed by atoms with E-state index in [2.05, 4.69) is 15.4 Å². The molecule has 1 fully saturated rings. The Balaban J connectivity index is 1.75. The van der Waals surface area contributed by atoms with Crippen LogP contribution in [-0.4, -0.2) is 27.4 Å². The molecule has 2 atom stereocenters. The molecule has 0 aliphatic carbocycles. The van der Waals surface area contributed by atoms with Crippen LogP contribution in [0.4, 0.5) is 0 Å². The topological polar surface area (TPSA) is 68.8 Å². The van der Waals surface area contributed by atoms with Gasteiger partial charge in [0.05, 0.1) is 0 Å². The Labute approximate surface area is 95.4 Å². The lowest BCUT2D eigenvalue weighted by atomic mass is 10.1. The van der Waals surface area contributed by atoms with Gasteiger partial charge in [0, 0.05) is 18.9 Å². The number of fused-ring (bicyclic) bond motifs is 1. The van der Waals surface area contributed by atoms with Crippen LogP contribution in [0.25, 0.3) is 0 Å². The van der Waals surface area contributed by atoms with E-state index in [1.165, 1.54) is 12.8 Å². The first kappa shape index (κ1) is 10.2. The molecule has 3 rings (SSSR count). The van der Waals surface area contributed by atoms with Crippen LogP contribution >= 0.6 is 0 Å². The summed E-state index contributed by atoms with van der Waals surface area (Å²) in [7, 11) is 0. The minimum atomic E-state index is 0.0431. The summed E-state index contributed by atoms with van der Waals surface area (Å²) in [6.45, 7) is 1.14. The number of nitrogens with one attached hydrogen (secondary N) is 1. The van der Waals surface area contributed by atoms with Crippen molar-refractivity contribution in [3.63, 3.8) is 0 Å². The summed E-state index contributed by atoms with van der Waals surface area (Å²) < 4.78 is 1.92. The molecular weight excluding hydrogens is 202 g/mol. The Morgan fingerprint density at radius 3 is 3.06 bits per heavy atom. The third-order valence-corrected chi connectivity index (χ3v) is 3.55. The van der Waals surface area contributed by atoms with Crippen molar-refractivity contribution >= 4 is 0 Å². The molecule has 16 heavy (non-hydrogen) atoms. The van der Waals surface area contributed by atoms with Gasteiger partial charge in [-0.05, 0) is 32.2 Å². The molecule has 88 valence electrons. The second kappa shape index (κ2) is 4.14. The minimum absolute atomic E-state index is 0.0431. The van der Waals surface area contributed by atoms with Crippen molar-refractivity contribution in [3.05, 3.63) is 11.6 Å². The smallest absolute Gasteiger partial charge is 0.152 e. The summed E-state index contributed by atoms with van der Waals surface area (Å²) in [6.07, 6.45) is 6.71. The number of aromatic nitrogens is 3. The first-order valence-corrected chi connectivity index (χ1v) is 6.26. The predicted octanol–water partition coefficient (Wildman–Crippen LogP) is 0.366. The van der Waals surface area contributed by atoms with Crippen LogP contribution in [0.15, 0.2) is 0 Å². The van der Waals surface area contributed by atoms with Crippen LogP contribution in [0.1, 0.15) is 43.5 Å². The summed E-state index contributed by atoms with van der Waals surface area (Å²) in [4.78, 5) is 4.60. The van der Waals surface area contributed by atoms with Crippen LogP contribution in [0.5, 0.6) is 0 Å². The van der Waals surface area contributed by atoms with Gasteiger partial charge in [0.2, 0.25) is 0 Å². The van der Waals surface area contributed by atoms with Gasteiger partial charge in [-0.1, -0.05) is 0 Å². The molecule has 2 aliphatic heterocycles. The molecular formula is C11H19N5. The van der Waals surface area contributed by atoms with Crippen molar-refractivity contribution in [2.24, 2.45) is 5.73 Å². The van der Waals surface area contributed by atoms with Gasteiger partial charge in [-0.15, -0.1) is 0 Å². The zero-order valence-corrected chi connectivity index (χ0v) is 9.52. The highest BCUT2D eigenvalue weighted by molar-refractivity contribution is 5.00. The largest absolute Gasteiger partial charge is 0.314 e. The highest BCUT2D eigenvalue weighted by Crippen LogP contribution is 2.19. The van der Waals surface area contributed by atoms with Gasteiger partial charge < -0.3 is 11.1 Å². The number of nitrogens with zero attached hydrogens (tertiary/aromatic N) is 3. The van der Waals surface area contributed by atoms with Crippen LogP contribution in [-0.2, 0) is 12.8 Å². The van der Waals surface area contributed by atoms with Crippen molar-refractivity contribution in [1.29, 1.82) is 0 Å². The Hall–Kier alpha value is -0.940. The van der Waals surface area contributed by atoms with E-state index < -0.39 is 0 Å². The molecule has 1 aromatic rings. The molecule has 2 unspecified atom stereocenters. The van der Waals surface area contributed by atoms with Gasteiger partial charge in [-0.3, -0.25) is 0 Å². The number of aryl methyl sites for hydroxylation is 1. The summed E-state index contributed by atoms with van der Waals surface area (Å²) in [6, 6.07) is 0.570. The van der Waals surface area contributed by atoms with Crippen LogP contribution in [0.3, 0.4) is 0 Å². The lowest BCUT2D eigenvalue weighted by Gasteiger charge is -2.18. The second-order valence-electron chi connectivity index (χ2n) is 4.85. The molecule has 1 aromatic heterocycles. The maximum atomic E-state index is 6.01. The third kappa shape index (κ3) is 1.85. The zero-order valence-electron chi connectivity index (χ0n) is 9.52. The summed E-state index contributed by atoms with van der Waals surface area (Å²) in [5.74, 6) is 2.04. The van der Waals surface area contributed by atoms with E-state index in [9.17, 15) is 0 Å². The highest BCUT2D eigenvalue weighted by Gasteiger charge is 2.22. The van der Waals surface area contributed by atoms with Crippen LogP contribution in [0.2, 0.25) is 0 Å². The molecule has 0 amide bonds. The molecule has 5 nitrogen and oxygen atoms in total. The van der Waals surface area contributed by atoms with E-state index in [1.54, 1.807) is 0 Å². The van der Waals surface area contributed by atoms with Gasteiger partial charge in [0.25, 0.3) is 0 Å². The minimum Gasteiger partial charge on any atom is -0.314 e. The summed E-state index contributed by atoms with van der Waals surface area (Å²) in [5.41, 5.74) is 6.01. The molecule has 0 spiro atoms. The normalized spacial score (nSPS) is 29.3. The molecule has 1 saturated heterocycles. The molecule has 3 N–H and O–H groups in total. The van der Waals surface area contributed by atoms with Gasteiger partial charge in [-0.2, -0.15) is 5.10 Å². The van der Waals surface area contributed by atoms with Crippen LogP contribution in [0, 0.1) is 0 Å². The van der Waals surface area contributed by atoms with E-state index in [0.717, 1.165) is 43.9 Å². The molecule has 5 heteroatoms. The molecule has 0 saturated carbocycles. The first-order valence-electron chi connectivity index (χ1n) is 6.26. The molecule has 0 aromatic carbocycles. The van der Waals surface area contributed by atoms with Crippen molar-refractivity contribution in [2.75, 3.05) is 6.54 Å². The van der Waals surface area contributed by atoms with Crippen molar-refractivity contribution < 1.29 is 0 Å². The van der Waals surface area contributed by atoms with E-state index in [4.69, 9.17) is 5.73 Å². The van der Waals surface area contributed by atoms with Gasteiger partial charge in [0.15, 0.2) is 5.82 Å². The van der Waals surface area contributed by atoms with Crippen LogP contribution < -0.4 is 11.1 Å². The number of rotatable bonds is 2. The van der Waals surface area contributed by atoms with Gasteiger partial charge in [-0.25, -0.2) is 9.67 Å². The third-order valence-electron chi connectivity index (χ3n) is 3.55. The van der Waals surface area contributed by atoms with Crippen molar-refractivity contribution in [2.45, 2.75) is 50.7 Å². The lowest BCUT2D eigenvalue weighted by Crippen LogP contribution is -2.26. The fourth-order valence-corrected chi connectivity index (χ4v) is 2.67. The molecule has 0 bridgehead atoms. The van der Waals surface area contributed by atoms with E-state index in [-0.39, 0.29) is 6.17 Å². The standard InChI is InChI=1S/C11H19N5/c12-9-4-1-5-11-14-10(15-16(9)11)7-8-3-2-6-13-8/h8-9,13H,1-7,12H2. The Bertz CT molecular complexity index is 366. The number of hydrogen-bond donors (Lipinski definition) is 2. The maximum Gasteiger partial charge on any atom is 0.152 e. The summed E-state index contributed by atoms with van der Waals surface area (Å²) >= 11 is 0. The fraction of sp³-hybridized carbons (Fsp3) is 0.818. The molecule has 0 radical (unpaired) electrons. The fourth-order valence-electron chi connectivity index (χ4n) is 2.67. The SMILES string of the molecule is NC1CCCc2nc(CC3CCCN3)nn21. The zero-order chi connectivity index (χ0) is 11.0. The van der Waals surface area contributed by atoms with Gasteiger partial charge >= 0.3 is 0 Å². The first-order chi connectivity index (χ1) is 7.83. The highest BCUT2D eigenvalue weighted by atomic mass is 15.4. The predicted molar refractivity (Wildman–Crippen MR) is 60.9 cm³/mol. The number of hydrogen-bond acceptors (Lipinski definition) is 4. The van der Waals surface area contributed by atoms with E-state index in [0.29, 0.717) is 6.04 Å². The van der Waals surface area contributed by atoms with E-state index in [1.807, 2.05) is 4.68 Å². The van der Waals surface area contributed by atoms with E-state index >= 15 is 0 Å². The summed E-state index contributed by atoms with van der Waals surface area (Å²) in [5, 5.41) is 8.01. The lowest BCUT2D eigenvalue weighted by molar-refractivity contribution is 0.371. The van der Waals surface area contributed by atoms with Gasteiger partial charge in [0.1, 0.15) is 12.0 Å². The average Bonchev–Trinajstić information content (AvgIpc) is 2.88. The second-order valence-corrected chi connectivity index (χ2v) is 4.85. The molecule has 2 aliphatic rings. The Morgan fingerprint density at radius 2 is 2.31 bits per heavy atom. The Kier molecular flexibility index (Phi) is 2.65. The quantitative estimate of drug-likeness (QED) is 0.757.